The maximum atomic E-state index is 13.7. The van der Waals surface area contributed by atoms with Crippen molar-refractivity contribution in [2.75, 3.05) is 47.8 Å². The number of hydrogen-bond acceptors (Lipinski definition) is 36. The van der Waals surface area contributed by atoms with Gasteiger partial charge in [-0.1, -0.05) is 18.2 Å². The Morgan fingerprint density at radius 2 is 0.945 bits per heavy atom. The van der Waals surface area contributed by atoms with Gasteiger partial charge in [0, 0.05) is 36.4 Å². The molecule has 0 amide bonds. The number of aromatic hydroxyl groups is 5. The fourth-order valence-electron chi connectivity index (χ4n) is 11.5. The number of aliphatic hydroxyl groups is 11. The lowest BCUT2D eigenvalue weighted by Gasteiger charge is -2.46. The quantitative estimate of drug-likeness (QED) is 0.00708. The minimum Gasteiger partial charge on any atom is -0.507 e. The molecule has 0 unspecified atom stereocenters. The number of methoxy groups -OCH3 is 3. The van der Waals surface area contributed by atoms with Crippen LogP contribution < -0.4 is 28.4 Å². The van der Waals surface area contributed by atoms with Gasteiger partial charge in [0.05, 0.1) is 39.6 Å². The van der Waals surface area contributed by atoms with Crippen molar-refractivity contribution in [1.29, 1.82) is 0 Å². The highest BCUT2D eigenvalue weighted by molar-refractivity contribution is 5.91. The second kappa shape index (κ2) is 36.2. The van der Waals surface area contributed by atoms with Crippen molar-refractivity contribution >= 4 is 59.0 Å². The van der Waals surface area contributed by atoms with Crippen molar-refractivity contribution in [3.8, 4) is 74.6 Å². The largest absolute Gasteiger partial charge is 0.507 e. The number of carbonyl (C=O) groups is 5. The Kier molecular flexibility index (Phi) is 26.9. The highest BCUT2D eigenvalue weighted by Crippen LogP contribution is 2.45. The Morgan fingerprint density at radius 3 is 1.54 bits per heavy atom. The molecule has 5 heterocycles. The summed E-state index contributed by atoms with van der Waals surface area (Å²) in [5.41, 5.74) is 0.491. The van der Waals surface area contributed by atoms with Crippen LogP contribution in [0.4, 0.5) is 0 Å². The van der Waals surface area contributed by atoms with E-state index < -0.39 is 220 Å². The molecule has 38 nitrogen and oxygen atoms in total. The molecule has 17 N–H and O–H groups in total. The summed E-state index contributed by atoms with van der Waals surface area (Å²) in [4.78, 5) is 63.2. The zero-order valence-corrected chi connectivity index (χ0v) is 57.9. The van der Waals surface area contributed by atoms with Gasteiger partial charge in [-0.25, -0.2) is 18.8 Å². The molecule has 4 saturated heterocycles. The van der Waals surface area contributed by atoms with E-state index >= 15 is 0 Å². The van der Waals surface area contributed by atoms with Crippen molar-refractivity contribution in [1.82, 2.24) is 0 Å². The van der Waals surface area contributed by atoms with E-state index in [2.05, 4.69) is 0 Å². The zero-order valence-electron chi connectivity index (χ0n) is 57.9. The second-order valence-corrected chi connectivity index (χ2v) is 24.9. The van der Waals surface area contributed by atoms with Gasteiger partial charge in [-0.05, 0) is 83.4 Å². The average molecular weight is 1550 g/mol. The minimum atomic E-state index is -2.32. The van der Waals surface area contributed by atoms with E-state index in [1.165, 1.54) is 100 Å². The molecule has 5 aromatic carbocycles. The van der Waals surface area contributed by atoms with E-state index in [0.29, 0.717) is 11.1 Å². The van der Waals surface area contributed by atoms with E-state index in [1.54, 1.807) is 0 Å². The summed E-state index contributed by atoms with van der Waals surface area (Å²) in [5, 5.41) is 184. The molecule has 6 aromatic rings. The molecule has 38 heteroatoms. The molecular weight excluding hydrogens is 1470 g/mol. The summed E-state index contributed by atoms with van der Waals surface area (Å²) in [6.45, 7) is -3.47. The van der Waals surface area contributed by atoms with Crippen molar-refractivity contribution < 1.29 is 186 Å². The molecule has 110 heavy (non-hydrogen) atoms. The fraction of sp³-hybridized carbons (Fsp3) is 0.389. The van der Waals surface area contributed by atoms with E-state index in [1.807, 2.05) is 0 Å². The average Bonchev–Trinajstić information content (AvgIpc) is 0.762. The molecule has 4 aliphatic heterocycles. The van der Waals surface area contributed by atoms with Crippen molar-refractivity contribution in [2.45, 2.75) is 129 Å². The lowest BCUT2D eigenvalue weighted by molar-refractivity contribution is -0.358. The van der Waals surface area contributed by atoms with Crippen LogP contribution in [-0.2, 0) is 66.6 Å². The summed E-state index contributed by atoms with van der Waals surface area (Å²) in [6.07, 6.45) is -34.0. The third-order valence-electron chi connectivity index (χ3n) is 17.4. The van der Waals surface area contributed by atoms with Gasteiger partial charge in [0.1, 0.15) is 134 Å². The Morgan fingerprint density at radius 1 is 0.445 bits per heavy atom. The van der Waals surface area contributed by atoms with Gasteiger partial charge >= 0.3 is 41.2 Å². The summed E-state index contributed by atoms with van der Waals surface area (Å²) >= 11 is 0. The summed E-state index contributed by atoms with van der Waals surface area (Å²) < 4.78 is 91.0. The summed E-state index contributed by atoms with van der Waals surface area (Å²) in [7, 11) is 3.83. The minimum absolute atomic E-state index is 0.0288. The topological polar surface area (TPSA) is 579 Å². The Balaban J connectivity index is 0.917. The maximum absolute atomic E-state index is 13.7. The van der Waals surface area contributed by atoms with Crippen LogP contribution in [0.1, 0.15) is 23.1 Å². The lowest BCUT2D eigenvalue weighted by atomic mass is 9.97. The number of ether oxygens (including phenoxy) is 15. The number of phenolic OH excluding ortho intramolecular Hbond substituents is 5. The number of phenols is 5. The van der Waals surface area contributed by atoms with Crippen molar-refractivity contribution in [3.05, 3.63) is 126 Å². The normalized spacial score (nSPS) is 28.3. The second-order valence-electron chi connectivity index (χ2n) is 24.9. The first-order valence-electron chi connectivity index (χ1n) is 33.2. The first-order chi connectivity index (χ1) is 52.4. The number of carbonyl (C=O) groups excluding carboxylic acids is 4. The third kappa shape index (κ3) is 19.4. The lowest BCUT2D eigenvalue weighted by Crippen LogP contribution is -2.65. The molecule has 4 aliphatic rings. The fourth-order valence-corrected chi connectivity index (χ4v) is 11.5. The van der Waals surface area contributed by atoms with Gasteiger partial charge in [0.15, 0.2) is 53.0 Å². The molecule has 592 valence electrons. The standard InChI is InChI=1S/C72H76O38/c1-95-42-18-31(6-13-38(42)76)8-16-52(81)98-27-47-57(86)60(89)64(93)69(106-47)101-35-11-4-30(5-12-35)7-15-51(80)99-28-49-59(88)63(92)68(110-72-67(62(91)56(85)46(26-73)105-72)109-53(82)17-9-32-19-43(96-2)55(84)44(20-32)97-3)71(108-49)104-45-24-36-40(102-66(45)33-10-14-37(75)39(77)21-33)22-34(74)23-41(36)103-70-65(94)61(90)58(87)48(107-70)29-100-54(83)25-50(78)79/h4-24,46-49,56-65,67-73,85-94H,25-29H2,1-3H3,(H5-,74,75,76,77,78,79,81,82,84)/p+1/b15-7+/t46-,47-,48-,49-,56-,57-,58-,59-,60+,61+,62+,63+,64-,65-,67-,68-,69-,70-,71-,72+/m1/s1. The Hall–Kier alpha value is -10.8. The first kappa shape index (κ1) is 81.8. The molecule has 0 radical (unpaired) electrons. The van der Waals surface area contributed by atoms with Crippen LogP contribution >= 0.6 is 0 Å². The van der Waals surface area contributed by atoms with Crippen LogP contribution in [-0.4, -0.2) is 287 Å². The zero-order chi connectivity index (χ0) is 79.5. The number of esters is 4. The van der Waals surface area contributed by atoms with Crippen molar-refractivity contribution in [3.63, 3.8) is 0 Å². The molecule has 0 aliphatic carbocycles. The highest BCUT2D eigenvalue weighted by Gasteiger charge is 2.54. The van der Waals surface area contributed by atoms with E-state index in [4.69, 9.17) is 80.6 Å². The van der Waals surface area contributed by atoms with Gasteiger partial charge in [-0.15, -0.1) is 0 Å². The number of rotatable bonds is 28. The van der Waals surface area contributed by atoms with Crippen LogP contribution in [0.2, 0.25) is 0 Å². The van der Waals surface area contributed by atoms with Crippen LogP contribution in [0, 0.1) is 0 Å². The van der Waals surface area contributed by atoms with Crippen LogP contribution in [0.3, 0.4) is 0 Å². The van der Waals surface area contributed by atoms with Crippen molar-refractivity contribution in [2.24, 2.45) is 0 Å². The molecule has 0 spiro atoms. The van der Waals surface area contributed by atoms with E-state index in [0.717, 1.165) is 48.6 Å². The monoisotopic (exact) mass is 1550 g/mol. The molecular formula is C72H77O38+. The van der Waals surface area contributed by atoms with Gasteiger partial charge in [-0.2, -0.15) is 0 Å². The molecule has 0 bridgehead atoms. The predicted molar refractivity (Wildman–Crippen MR) is 364 cm³/mol. The third-order valence-corrected chi connectivity index (χ3v) is 17.4. The number of carboxylic acid groups (broad SMARTS) is 1. The van der Waals surface area contributed by atoms with Gasteiger partial charge < -0.3 is 158 Å². The number of aliphatic hydroxyl groups excluding tert-OH is 11. The Labute approximate surface area is 620 Å². The number of benzene rings is 5. The van der Waals surface area contributed by atoms with E-state index in [-0.39, 0.29) is 56.6 Å². The first-order valence-corrected chi connectivity index (χ1v) is 33.2. The van der Waals surface area contributed by atoms with Crippen LogP contribution in [0.25, 0.3) is 40.5 Å². The van der Waals surface area contributed by atoms with Crippen LogP contribution in [0.5, 0.6) is 63.2 Å². The molecule has 0 saturated carbocycles. The summed E-state index contributed by atoms with van der Waals surface area (Å²) in [6, 6.07) is 18.7. The number of carboxylic acids is 1. The molecule has 10 rings (SSSR count). The Bertz CT molecular complexity index is 4310. The molecule has 1 aromatic heterocycles. The van der Waals surface area contributed by atoms with E-state index in [9.17, 15) is 106 Å². The van der Waals surface area contributed by atoms with Crippen LogP contribution in [0.15, 0.2) is 114 Å². The number of aliphatic carboxylic acids is 1. The SMILES string of the molecule is COc1cc(C=CC(=O)OC[C@H]2O[C@@H](Oc3ccc(/C=C/C(=O)OC[C@H]4O[C@@H](Oc5cc6c(O[C@@H]7O[C@H](COC(=O)CC(=O)O)[C@@H](O)[C@H](O)[C@H]7O)cc(O)cc6[o+]c5-c5ccc(O)c(O)c5)[C@H](O[C@@H]5O[C@H](CO)[C@@H](O)[C@H](O)[C@H]5OC(=O)C=Cc5cc(OC)c(O)c(OC)c5)[C@@H](O)[C@@H]4O)cc3)[C@H](O)[C@@H](O)[C@@H]2O)ccc1O. The maximum Gasteiger partial charge on any atom is 0.402 e. The predicted octanol–water partition coefficient (Wildman–Crippen LogP) is -0.886. The summed E-state index contributed by atoms with van der Waals surface area (Å²) in [5.74, 6) is -10.1. The van der Waals surface area contributed by atoms with Gasteiger partial charge in [0.2, 0.25) is 30.4 Å². The molecule has 20 atom stereocenters. The van der Waals surface area contributed by atoms with Gasteiger partial charge in [0.25, 0.3) is 0 Å². The smallest absolute Gasteiger partial charge is 0.402 e. The highest BCUT2D eigenvalue weighted by atomic mass is 16.8. The number of hydrogen-bond donors (Lipinski definition) is 17. The molecule has 4 fully saturated rings. The number of fused-ring (bicyclic) bond motifs is 1. The van der Waals surface area contributed by atoms with Gasteiger partial charge in [-0.3, -0.25) is 9.59 Å².